The molecule has 6 heteroatoms. The van der Waals surface area contributed by atoms with Crippen molar-refractivity contribution < 1.29 is 9.66 Å². The minimum atomic E-state index is -0.604. The Morgan fingerprint density at radius 3 is 2.92 bits per heavy atom. The van der Waals surface area contributed by atoms with E-state index in [4.69, 9.17) is 10.1 Å². The second-order valence-electron chi connectivity index (χ2n) is 2.00. The van der Waals surface area contributed by atoms with E-state index in [0.717, 1.165) is 11.8 Å². The van der Waals surface area contributed by atoms with Crippen LogP contribution in [0.25, 0.3) is 0 Å². The number of methoxy groups -OCH3 is 1. The fourth-order valence-corrected chi connectivity index (χ4v) is 1.63. The highest BCUT2D eigenvalue weighted by Gasteiger charge is 2.32. The molecule has 1 heterocycles. The van der Waals surface area contributed by atoms with E-state index in [1.165, 1.54) is 13.2 Å². The van der Waals surface area contributed by atoms with Gasteiger partial charge in [-0.15, -0.1) is 0 Å². The van der Waals surface area contributed by atoms with Crippen LogP contribution in [0.4, 0.5) is 0 Å². The predicted molar refractivity (Wildman–Crippen MR) is 44.7 cm³/mol. The molecule has 0 radical (unpaired) electrons. The molecular formula is C6H6N2O3S. The largest absolute Gasteiger partial charge is 0.359 e. The Bertz CT molecular complexity index is 293. The number of nitro groups is 1. The Kier molecular flexibility index (Phi) is 2.65. The van der Waals surface area contributed by atoms with E-state index < -0.39 is 10.4 Å². The van der Waals surface area contributed by atoms with Crippen molar-refractivity contribution in [2.45, 2.75) is 5.44 Å². The first-order valence-corrected chi connectivity index (χ1v) is 3.92. The summed E-state index contributed by atoms with van der Waals surface area (Å²) < 4.78 is 4.83. The summed E-state index contributed by atoms with van der Waals surface area (Å²) in [5.41, 5.74) is -0.634. The van der Waals surface area contributed by atoms with Crippen LogP contribution in [0.2, 0.25) is 0 Å². The third-order valence-electron chi connectivity index (χ3n) is 1.30. The maximum absolute atomic E-state index is 10.4. The zero-order chi connectivity index (χ0) is 9.14. The van der Waals surface area contributed by atoms with Gasteiger partial charge in [0.25, 0.3) is 5.70 Å². The molecule has 0 bridgehead atoms. The van der Waals surface area contributed by atoms with Crippen LogP contribution < -0.4 is 0 Å². The molecule has 0 spiro atoms. The van der Waals surface area contributed by atoms with Crippen molar-refractivity contribution in [3.05, 3.63) is 26.8 Å². The van der Waals surface area contributed by atoms with Crippen molar-refractivity contribution >= 4 is 17.6 Å². The molecule has 64 valence electrons. The van der Waals surface area contributed by atoms with E-state index in [-0.39, 0.29) is 5.70 Å². The number of ether oxygens (including phenoxy) is 1. The zero-order valence-electron chi connectivity index (χ0n) is 6.23. The van der Waals surface area contributed by atoms with Crippen LogP contribution in [0.15, 0.2) is 16.7 Å². The Balaban J connectivity index is 2.94. The molecule has 0 aromatic heterocycles. The van der Waals surface area contributed by atoms with E-state index >= 15 is 0 Å². The van der Waals surface area contributed by atoms with Gasteiger partial charge in [0.2, 0.25) is 0 Å². The third kappa shape index (κ3) is 1.55. The van der Waals surface area contributed by atoms with E-state index in [9.17, 15) is 10.1 Å². The zero-order valence-corrected chi connectivity index (χ0v) is 7.05. The maximum Gasteiger partial charge on any atom is 0.287 e. The summed E-state index contributed by atoms with van der Waals surface area (Å²) in [6.45, 7) is 0. The van der Waals surface area contributed by atoms with Crippen LogP contribution in [0.1, 0.15) is 0 Å². The van der Waals surface area contributed by atoms with Gasteiger partial charge < -0.3 is 4.74 Å². The van der Waals surface area contributed by atoms with Gasteiger partial charge in [0, 0.05) is 13.2 Å². The van der Waals surface area contributed by atoms with Crippen molar-refractivity contribution in [1.29, 1.82) is 5.41 Å². The Labute approximate surface area is 72.8 Å². The number of nitrogens with one attached hydrogen (secondary N) is 1. The predicted octanol–water partition coefficient (Wildman–Crippen LogP) is 0.999. The van der Waals surface area contributed by atoms with Gasteiger partial charge in [0.05, 0.1) is 9.83 Å². The molecule has 1 atom stereocenters. The van der Waals surface area contributed by atoms with Crippen LogP contribution in [0, 0.1) is 15.5 Å². The summed E-state index contributed by atoms with van der Waals surface area (Å²) in [5.74, 6) is 2.08. The Morgan fingerprint density at radius 2 is 2.58 bits per heavy atom. The van der Waals surface area contributed by atoms with Crippen LogP contribution in [-0.2, 0) is 4.74 Å². The molecule has 1 rings (SSSR count). The number of nitrogens with zero attached hydrogens (tertiary/aromatic N) is 1. The third-order valence-corrected chi connectivity index (χ3v) is 2.42. The number of rotatable bonds is 2. The molecule has 0 unspecified atom stereocenters. The smallest absolute Gasteiger partial charge is 0.287 e. The van der Waals surface area contributed by atoms with Gasteiger partial charge in [-0.05, 0) is 5.87 Å². The van der Waals surface area contributed by atoms with Gasteiger partial charge in [-0.1, -0.05) is 11.8 Å². The van der Waals surface area contributed by atoms with Crippen molar-refractivity contribution in [3.63, 3.8) is 0 Å². The van der Waals surface area contributed by atoms with Gasteiger partial charge in [0.1, 0.15) is 0 Å². The highest BCUT2D eigenvalue weighted by molar-refractivity contribution is 8.04. The molecule has 12 heavy (non-hydrogen) atoms. The summed E-state index contributed by atoms with van der Waals surface area (Å²) in [6, 6.07) is 0. The number of allylic oxidation sites excluding steroid dienone is 1. The fourth-order valence-electron chi connectivity index (χ4n) is 0.785. The Hall–Kier alpha value is -1.10. The van der Waals surface area contributed by atoms with Gasteiger partial charge in [-0.25, -0.2) is 0 Å². The molecule has 0 amide bonds. The SMILES string of the molecule is CO[C@@H]1SC(=C=N)C=C1[N+](=O)[O-]. The molecule has 5 nitrogen and oxygen atoms in total. The first kappa shape index (κ1) is 8.99. The summed E-state index contributed by atoms with van der Waals surface area (Å²) >= 11 is 1.11. The molecule has 0 aromatic carbocycles. The molecule has 1 N–H and O–H groups in total. The standard InChI is InChI=1S/C6H6N2O3S/c1-11-6-5(8(9)10)2-4(3-7)12-6/h2,6-7H,1H3/t6-/m1/s1. The monoisotopic (exact) mass is 186 g/mol. The van der Waals surface area contributed by atoms with Crippen molar-refractivity contribution in [2.75, 3.05) is 7.11 Å². The van der Waals surface area contributed by atoms with Crippen LogP contribution in [0.3, 0.4) is 0 Å². The molecule has 1 aliphatic rings. The minimum Gasteiger partial charge on any atom is -0.359 e. The average molecular weight is 186 g/mol. The first-order valence-electron chi connectivity index (χ1n) is 3.04. The van der Waals surface area contributed by atoms with E-state index in [0.29, 0.717) is 4.91 Å². The lowest BCUT2D eigenvalue weighted by Gasteiger charge is -2.03. The summed E-state index contributed by atoms with van der Waals surface area (Å²) in [5, 5.41) is 17.1. The minimum absolute atomic E-state index is 0.0303. The second-order valence-corrected chi connectivity index (χ2v) is 3.10. The van der Waals surface area contributed by atoms with E-state index in [2.05, 4.69) is 5.87 Å². The quantitative estimate of drug-likeness (QED) is 0.396. The molecule has 0 fully saturated rings. The van der Waals surface area contributed by atoms with Gasteiger partial charge in [-0.2, -0.15) is 0 Å². The molecule has 0 aliphatic carbocycles. The Morgan fingerprint density at radius 1 is 1.92 bits per heavy atom. The van der Waals surface area contributed by atoms with Crippen LogP contribution in [0.5, 0.6) is 0 Å². The van der Waals surface area contributed by atoms with Crippen LogP contribution >= 0.6 is 11.8 Å². The summed E-state index contributed by atoms with van der Waals surface area (Å²) in [6.07, 6.45) is 1.30. The molecular weight excluding hydrogens is 180 g/mol. The topological polar surface area (TPSA) is 76.2 Å². The number of thioether (sulfide) groups is 1. The maximum atomic E-state index is 10.4. The normalized spacial score (nSPS) is 21.9. The fraction of sp³-hybridized carbons (Fsp3) is 0.333. The summed E-state index contributed by atoms with van der Waals surface area (Å²) in [4.78, 5) is 10.3. The van der Waals surface area contributed by atoms with Gasteiger partial charge >= 0.3 is 0 Å². The molecule has 1 aliphatic heterocycles. The average Bonchev–Trinajstić information content (AvgIpc) is 2.47. The second kappa shape index (κ2) is 3.53. The highest BCUT2D eigenvalue weighted by Crippen LogP contribution is 2.34. The van der Waals surface area contributed by atoms with E-state index in [1.807, 2.05) is 0 Å². The van der Waals surface area contributed by atoms with Crippen molar-refractivity contribution in [1.82, 2.24) is 0 Å². The van der Waals surface area contributed by atoms with Crippen LogP contribution in [-0.4, -0.2) is 23.3 Å². The number of hydrogen-bond acceptors (Lipinski definition) is 5. The van der Waals surface area contributed by atoms with Gasteiger partial charge in [-0.3, -0.25) is 15.5 Å². The van der Waals surface area contributed by atoms with Crippen molar-refractivity contribution in [2.24, 2.45) is 0 Å². The molecule has 0 saturated heterocycles. The van der Waals surface area contributed by atoms with Crippen molar-refractivity contribution in [3.8, 4) is 0 Å². The van der Waals surface area contributed by atoms with Gasteiger partial charge in [0.15, 0.2) is 5.44 Å². The highest BCUT2D eigenvalue weighted by atomic mass is 32.2. The molecule has 0 saturated carbocycles. The lowest BCUT2D eigenvalue weighted by molar-refractivity contribution is -0.432. The van der Waals surface area contributed by atoms with E-state index in [1.54, 1.807) is 0 Å². The molecule has 0 aromatic rings. The lowest BCUT2D eigenvalue weighted by Crippen LogP contribution is -2.12. The number of hydrogen-bond donors (Lipinski definition) is 1. The summed E-state index contributed by atoms with van der Waals surface area (Å²) in [7, 11) is 1.39. The first-order chi connectivity index (χ1) is 5.69. The lowest BCUT2D eigenvalue weighted by atomic mass is 10.4.